The van der Waals surface area contributed by atoms with E-state index in [2.05, 4.69) is 0 Å². The van der Waals surface area contributed by atoms with Crippen LogP contribution in [0.25, 0.3) is 0 Å². The molecule has 0 unspecified atom stereocenters. The summed E-state index contributed by atoms with van der Waals surface area (Å²) in [5.41, 5.74) is 0.986. The first-order valence-corrected chi connectivity index (χ1v) is 7.97. The van der Waals surface area contributed by atoms with Crippen molar-refractivity contribution in [3.63, 3.8) is 0 Å². The minimum atomic E-state index is -3.18. The molecule has 0 radical (unpaired) electrons. The van der Waals surface area contributed by atoms with E-state index in [0.29, 0.717) is 29.2 Å². The number of hydrogen-bond acceptors (Lipinski definition) is 4. The van der Waals surface area contributed by atoms with E-state index in [4.69, 9.17) is 10.00 Å². The molecular formula is C14H19NO3S. The summed E-state index contributed by atoms with van der Waals surface area (Å²) in [6.45, 7) is 3.98. The Morgan fingerprint density at radius 3 is 2.58 bits per heavy atom. The Hall–Kier alpha value is -1.54. The number of sulfone groups is 1. The SMILES string of the molecule is COc1ccc(C#N)cc1CS(=O)(=O)CCC(C)C. The zero-order chi connectivity index (χ0) is 14.5. The first-order valence-electron chi connectivity index (χ1n) is 6.15. The van der Waals surface area contributed by atoms with Gasteiger partial charge in [-0.25, -0.2) is 8.42 Å². The van der Waals surface area contributed by atoms with Crippen molar-refractivity contribution in [2.45, 2.75) is 26.0 Å². The summed E-state index contributed by atoms with van der Waals surface area (Å²) in [4.78, 5) is 0. The van der Waals surface area contributed by atoms with Crippen LogP contribution >= 0.6 is 0 Å². The molecule has 5 heteroatoms. The van der Waals surface area contributed by atoms with E-state index in [1.807, 2.05) is 19.9 Å². The zero-order valence-corrected chi connectivity index (χ0v) is 12.3. The average Bonchev–Trinajstić information content (AvgIpc) is 2.36. The Kier molecular flexibility index (Phi) is 5.37. The van der Waals surface area contributed by atoms with Gasteiger partial charge < -0.3 is 4.74 Å². The predicted molar refractivity (Wildman–Crippen MR) is 74.7 cm³/mol. The molecule has 0 aromatic heterocycles. The fourth-order valence-corrected chi connectivity index (χ4v) is 3.36. The van der Waals surface area contributed by atoms with Gasteiger partial charge in [-0.05, 0) is 30.5 Å². The summed E-state index contributed by atoms with van der Waals surface area (Å²) in [5, 5.41) is 8.86. The highest BCUT2D eigenvalue weighted by Gasteiger charge is 2.16. The molecule has 0 amide bonds. The maximum Gasteiger partial charge on any atom is 0.154 e. The van der Waals surface area contributed by atoms with Gasteiger partial charge >= 0.3 is 0 Å². The first-order chi connectivity index (χ1) is 8.88. The van der Waals surface area contributed by atoms with Crippen molar-refractivity contribution < 1.29 is 13.2 Å². The lowest BCUT2D eigenvalue weighted by Gasteiger charge is -2.10. The summed E-state index contributed by atoms with van der Waals surface area (Å²) >= 11 is 0. The summed E-state index contributed by atoms with van der Waals surface area (Å²) < 4.78 is 29.2. The van der Waals surface area contributed by atoms with Crippen LogP contribution in [0, 0.1) is 17.2 Å². The van der Waals surface area contributed by atoms with Gasteiger partial charge in [0.25, 0.3) is 0 Å². The molecule has 19 heavy (non-hydrogen) atoms. The second kappa shape index (κ2) is 6.58. The van der Waals surface area contributed by atoms with Gasteiger partial charge in [-0.2, -0.15) is 5.26 Å². The van der Waals surface area contributed by atoms with Crippen molar-refractivity contribution in [1.29, 1.82) is 5.26 Å². The molecule has 0 fully saturated rings. The largest absolute Gasteiger partial charge is 0.496 e. The van der Waals surface area contributed by atoms with Crippen LogP contribution in [0.2, 0.25) is 0 Å². The van der Waals surface area contributed by atoms with Gasteiger partial charge in [0.2, 0.25) is 0 Å². The molecule has 0 spiro atoms. The van der Waals surface area contributed by atoms with Crippen molar-refractivity contribution >= 4 is 9.84 Å². The lowest BCUT2D eigenvalue weighted by atomic mass is 10.1. The van der Waals surface area contributed by atoms with Crippen molar-refractivity contribution in [1.82, 2.24) is 0 Å². The first kappa shape index (κ1) is 15.5. The standard InChI is InChI=1S/C14H19NO3S/c1-11(2)6-7-19(16,17)10-13-8-12(9-15)4-5-14(13)18-3/h4-5,8,11H,6-7,10H2,1-3H3. The van der Waals surface area contributed by atoms with Crippen LogP contribution in [0.4, 0.5) is 0 Å². The molecule has 1 rings (SSSR count). The minimum Gasteiger partial charge on any atom is -0.496 e. The Morgan fingerprint density at radius 1 is 1.37 bits per heavy atom. The monoisotopic (exact) mass is 281 g/mol. The summed E-state index contributed by atoms with van der Waals surface area (Å²) in [6, 6.07) is 6.82. The highest BCUT2D eigenvalue weighted by molar-refractivity contribution is 7.90. The quantitative estimate of drug-likeness (QED) is 0.803. The van der Waals surface area contributed by atoms with Gasteiger partial charge in [0.15, 0.2) is 9.84 Å². The molecule has 0 aliphatic heterocycles. The predicted octanol–water partition coefficient (Wildman–Crippen LogP) is 2.53. The van der Waals surface area contributed by atoms with Gasteiger partial charge in [0, 0.05) is 5.56 Å². The van der Waals surface area contributed by atoms with Crippen LogP contribution in [0.15, 0.2) is 18.2 Å². The average molecular weight is 281 g/mol. The maximum absolute atomic E-state index is 12.0. The molecular weight excluding hydrogens is 262 g/mol. The van der Waals surface area contributed by atoms with Gasteiger partial charge in [0.1, 0.15) is 5.75 Å². The second-order valence-corrected chi connectivity index (χ2v) is 7.10. The Labute approximate surface area is 114 Å². The number of ether oxygens (including phenoxy) is 1. The lowest BCUT2D eigenvalue weighted by molar-refractivity contribution is 0.411. The van der Waals surface area contributed by atoms with Crippen molar-refractivity contribution in [2.75, 3.05) is 12.9 Å². The number of nitrogens with zero attached hydrogens (tertiary/aromatic N) is 1. The van der Waals surface area contributed by atoms with E-state index in [9.17, 15) is 8.42 Å². The summed E-state index contributed by atoms with van der Waals surface area (Å²) in [5.74, 6) is 0.928. The molecule has 1 aromatic carbocycles. The van der Waals surface area contributed by atoms with Gasteiger partial charge in [-0.15, -0.1) is 0 Å². The Balaban J connectivity index is 2.94. The van der Waals surface area contributed by atoms with Crippen LogP contribution in [0.1, 0.15) is 31.4 Å². The van der Waals surface area contributed by atoms with Gasteiger partial charge in [0.05, 0.1) is 30.2 Å². The molecule has 0 aliphatic carbocycles. The molecule has 0 saturated heterocycles. The minimum absolute atomic E-state index is 0.0849. The van der Waals surface area contributed by atoms with E-state index >= 15 is 0 Å². The summed E-state index contributed by atoms with van der Waals surface area (Å²) in [6.07, 6.45) is 0.641. The third-order valence-electron chi connectivity index (χ3n) is 2.79. The van der Waals surface area contributed by atoms with E-state index < -0.39 is 9.84 Å². The third kappa shape index (κ3) is 4.92. The smallest absolute Gasteiger partial charge is 0.154 e. The van der Waals surface area contributed by atoms with Crippen LogP contribution < -0.4 is 4.74 Å². The fourth-order valence-electron chi connectivity index (χ4n) is 1.69. The molecule has 0 aliphatic rings. The van der Waals surface area contributed by atoms with Gasteiger partial charge in [-0.1, -0.05) is 13.8 Å². The number of nitriles is 1. The molecule has 0 bridgehead atoms. The number of rotatable bonds is 6. The van der Waals surface area contributed by atoms with Crippen LogP contribution in [0.5, 0.6) is 5.75 Å². The highest BCUT2D eigenvalue weighted by atomic mass is 32.2. The van der Waals surface area contributed by atoms with Crippen molar-refractivity contribution in [3.05, 3.63) is 29.3 Å². The highest BCUT2D eigenvalue weighted by Crippen LogP contribution is 2.22. The zero-order valence-electron chi connectivity index (χ0n) is 11.5. The van der Waals surface area contributed by atoms with Crippen LogP contribution in [0.3, 0.4) is 0 Å². The molecule has 0 saturated carbocycles. The molecule has 104 valence electrons. The van der Waals surface area contributed by atoms with Crippen LogP contribution in [-0.2, 0) is 15.6 Å². The van der Waals surface area contributed by atoms with E-state index in [-0.39, 0.29) is 11.5 Å². The number of benzene rings is 1. The van der Waals surface area contributed by atoms with Crippen LogP contribution in [-0.4, -0.2) is 21.3 Å². The number of methoxy groups -OCH3 is 1. The Bertz CT molecular complexity index is 571. The maximum atomic E-state index is 12.0. The molecule has 0 atom stereocenters. The molecule has 0 heterocycles. The summed E-state index contributed by atoms with van der Waals surface area (Å²) in [7, 11) is -1.68. The van der Waals surface area contributed by atoms with Crippen molar-refractivity contribution in [2.24, 2.45) is 5.92 Å². The van der Waals surface area contributed by atoms with Crippen molar-refractivity contribution in [3.8, 4) is 11.8 Å². The molecule has 4 nitrogen and oxygen atoms in total. The van der Waals surface area contributed by atoms with Gasteiger partial charge in [-0.3, -0.25) is 0 Å². The topological polar surface area (TPSA) is 67.2 Å². The van der Waals surface area contributed by atoms with E-state index in [0.717, 1.165) is 0 Å². The Morgan fingerprint density at radius 2 is 2.05 bits per heavy atom. The molecule has 0 N–H and O–H groups in total. The van der Waals surface area contributed by atoms with E-state index in [1.54, 1.807) is 18.2 Å². The lowest BCUT2D eigenvalue weighted by Crippen LogP contribution is -2.12. The molecule has 1 aromatic rings. The third-order valence-corrected chi connectivity index (χ3v) is 4.40. The van der Waals surface area contributed by atoms with E-state index in [1.165, 1.54) is 7.11 Å². The normalized spacial score (nSPS) is 11.3. The number of hydrogen-bond donors (Lipinski definition) is 0. The second-order valence-electron chi connectivity index (χ2n) is 4.91. The fraction of sp³-hybridized carbons (Fsp3) is 0.500.